The van der Waals surface area contributed by atoms with Gasteiger partial charge in [-0.15, -0.1) is 0 Å². The molecule has 3 aromatic carbocycles. The van der Waals surface area contributed by atoms with Gasteiger partial charge in [0.05, 0.1) is 0 Å². The number of benzene rings is 3. The first-order chi connectivity index (χ1) is 10.2. The van der Waals surface area contributed by atoms with Crippen LogP contribution in [0.25, 0.3) is 33.1 Å². The first-order valence-corrected chi connectivity index (χ1v) is 7.22. The maximum absolute atomic E-state index is 6.17. The van der Waals surface area contributed by atoms with Crippen LogP contribution in [0.5, 0.6) is 0 Å². The van der Waals surface area contributed by atoms with E-state index in [1.54, 1.807) is 0 Å². The van der Waals surface area contributed by atoms with Gasteiger partial charge < -0.3 is 4.42 Å². The van der Waals surface area contributed by atoms with Gasteiger partial charge in [-0.2, -0.15) is 0 Å². The van der Waals surface area contributed by atoms with Crippen LogP contribution < -0.4 is 0 Å². The third-order valence-electron chi connectivity index (χ3n) is 4.20. The van der Waals surface area contributed by atoms with Gasteiger partial charge in [-0.3, -0.25) is 0 Å². The smallest absolute Gasteiger partial charge is 0.143 e. The molecule has 0 spiro atoms. The van der Waals surface area contributed by atoms with E-state index in [9.17, 15) is 0 Å². The van der Waals surface area contributed by atoms with E-state index >= 15 is 0 Å². The summed E-state index contributed by atoms with van der Waals surface area (Å²) in [4.78, 5) is 0. The molecule has 0 amide bonds. The van der Waals surface area contributed by atoms with Crippen molar-refractivity contribution < 1.29 is 4.42 Å². The van der Waals surface area contributed by atoms with E-state index in [1.165, 1.54) is 27.5 Å². The average Bonchev–Trinajstić information content (AvgIpc) is 2.86. The molecule has 0 aliphatic heterocycles. The summed E-state index contributed by atoms with van der Waals surface area (Å²) in [6.07, 6.45) is 0. The molecule has 1 nitrogen and oxygen atoms in total. The van der Waals surface area contributed by atoms with Crippen LogP contribution in [0, 0.1) is 13.8 Å². The molecular formula is C20H16O. The predicted molar refractivity (Wildman–Crippen MR) is 88.6 cm³/mol. The first kappa shape index (κ1) is 12.2. The van der Waals surface area contributed by atoms with E-state index < -0.39 is 0 Å². The second-order valence-corrected chi connectivity index (χ2v) is 5.58. The number of para-hydroxylation sites is 1. The molecule has 4 rings (SSSR count). The molecule has 0 fully saturated rings. The molecule has 0 atom stereocenters. The highest BCUT2D eigenvalue weighted by Crippen LogP contribution is 2.36. The van der Waals surface area contributed by atoms with Crippen molar-refractivity contribution in [1.82, 2.24) is 0 Å². The summed E-state index contributed by atoms with van der Waals surface area (Å²) in [5, 5.41) is 2.39. The van der Waals surface area contributed by atoms with Gasteiger partial charge in [0.2, 0.25) is 0 Å². The standard InChI is InChI=1S/C20H16O/c1-13-11-18-17-10-6-9-16(15-7-4-3-5-8-15)20(17)21-19(18)12-14(13)2/h3-12H,1-2H3. The van der Waals surface area contributed by atoms with E-state index in [0.29, 0.717) is 0 Å². The van der Waals surface area contributed by atoms with E-state index in [2.05, 4.69) is 68.4 Å². The van der Waals surface area contributed by atoms with Crippen LogP contribution in [0.4, 0.5) is 0 Å². The number of rotatable bonds is 1. The summed E-state index contributed by atoms with van der Waals surface area (Å²) in [6, 6.07) is 21.1. The fraction of sp³-hybridized carbons (Fsp3) is 0.100. The van der Waals surface area contributed by atoms with Crippen LogP contribution in [0.1, 0.15) is 11.1 Å². The lowest BCUT2D eigenvalue weighted by Crippen LogP contribution is -1.79. The molecular weight excluding hydrogens is 256 g/mol. The van der Waals surface area contributed by atoms with Crippen LogP contribution in [0.2, 0.25) is 0 Å². The van der Waals surface area contributed by atoms with Crippen molar-refractivity contribution >= 4 is 21.9 Å². The summed E-state index contributed by atoms with van der Waals surface area (Å²) >= 11 is 0. The van der Waals surface area contributed by atoms with Crippen LogP contribution in [-0.4, -0.2) is 0 Å². The van der Waals surface area contributed by atoms with Crippen molar-refractivity contribution in [3.8, 4) is 11.1 Å². The van der Waals surface area contributed by atoms with Gasteiger partial charge in [-0.05, 0) is 42.7 Å². The zero-order valence-electron chi connectivity index (χ0n) is 12.2. The minimum Gasteiger partial charge on any atom is -0.455 e. The molecule has 0 bridgehead atoms. The number of aryl methyl sites for hydroxylation is 2. The molecule has 4 aromatic rings. The molecule has 0 radical (unpaired) electrons. The van der Waals surface area contributed by atoms with E-state index in [1.807, 2.05) is 6.07 Å². The third kappa shape index (κ3) is 1.85. The highest BCUT2D eigenvalue weighted by atomic mass is 16.3. The average molecular weight is 272 g/mol. The predicted octanol–water partition coefficient (Wildman–Crippen LogP) is 5.87. The van der Waals surface area contributed by atoms with Crippen LogP contribution in [-0.2, 0) is 0 Å². The lowest BCUT2D eigenvalue weighted by atomic mass is 10.0. The molecule has 0 unspecified atom stereocenters. The van der Waals surface area contributed by atoms with Gasteiger partial charge in [0.25, 0.3) is 0 Å². The zero-order chi connectivity index (χ0) is 14.4. The topological polar surface area (TPSA) is 13.1 Å². The van der Waals surface area contributed by atoms with Gasteiger partial charge in [-0.1, -0.05) is 48.5 Å². The Morgan fingerprint density at radius 3 is 2.29 bits per heavy atom. The lowest BCUT2D eigenvalue weighted by molar-refractivity contribution is 0.669. The van der Waals surface area contributed by atoms with Gasteiger partial charge >= 0.3 is 0 Å². The third-order valence-corrected chi connectivity index (χ3v) is 4.20. The van der Waals surface area contributed by atoms with Crippen LogP contribution >= 0.6 is 0 Å². The molecule has 1 heterocycles. The summed E-state index contributed by atoms with van der Waals surface area (Å²) in [6.45, 7) is 4.27. The maximum atomic E-state index is 6.17. The van der Waals surface area contributed by atoms with Gasteiger partial charge in [0, 0.05) is 16.3 Å². The largest absolute Gasteiger partial charge is 0.455 e. The molecule has 0 N–H and O–H groups in total. The second-order valence-electron chi connectivity index (χ2n) is 5.58. The van der Waals surface area contributed by atoms with Gasteiger partial charge in [0.15, 0.2) is 0 Å². The minimum absolute atomic E-state index is 0.969. The zero-order valence-corrected chi connectivity index (χ0v) is 12.2. The van der Waals surface area contributed by atoms with Crippen LogP contribution in [0.15, 0.2) is 65.1 Å². The Balaban J connectivity index is 2.11. The van der Waals surface area contributed by atoms with Crippen molar-refractivity contribution in [1.29, 1.82) is 0 Å². The lowest BCUT2D eigenvalue weighted by Gasteiger charge is -2.01. The fourth-order valence-corrected chi connectivity index (χ4v) is 2.90. The van der Waals surface area contributed by atoms with E-state index in [0.717, 1.165) is 16.7 Å². The summed E-state index contributed by atoms with van der Waals surface area (Å²) in [5.74, 6) is 0. The van der Waals surface area contributed by atoms with Crippen molar-refractivity contribution in [3.63, 3.8) is 0 Å². The molecule has 1 aromatic heterocycles. The van der Waals surface area contributed by atoms with Crippen molar-refractivity contribution in [2.45, 2.75) is 13.8 Å². The highest BCUT2D eigenvalue weighted by Gasteiger charge is 2.12. The number of hydrogen-bond donors (Lipinski definition) is 0. The summed E-state index contributed by atoms with van der Waals surface area (Å²) < 4.78 is 6.17. The first-order valence-electron chi connectivity index (χ1n) is 7.22. The Morgan fingerprint density at radius 2 is 1.48 bits per heavy atom. The van der Waals surface area contributed by atoms with Crippen molar-refractivity contribution in [2.75, 3.05) is 0 Å². The monoisotopic (exact) mass is 272 g/mol. The number of fused-ring (bicyclic) bond motifs is 3. The normalized spacial score (nSPS) is 11.3. The number of furan rings is 1. The Hall–Kier alpha value is -2.54. The Kier molecular flexibility index (Phi) is 2.61. The second kappa shape index (κ2) is 4.49. The van der Waals surface area contributed by atoms with Crippen molar-refractivity contribution in [3.05, 3.63) is 71.8 Å². The fourth-order valence-electron chi connectivity index (χ4n) is 2.90. The Bertz CT molecular complexity index is 946. The quantitative estimate of drug-likeness (QED) is 0.422. The summed E-state index contributed by atoms with van der Waals surface area (Å²) in [5.41, 5.74) is 6.86. The maximum Gasteiger partial charge on any atom is 0.143 e. The molecule has 21 heavy (non-hydrogen) atoms. The van der Waals surface area contributed by atoms with E-state index in [-0.39, 0.29) is 0 Å². The molecule has 102 valence electrons. The molecule has 0 aliphatic carbocycles. The summed E-state index contributed by atoms with van der Waals surface area (Å²) in [7, 11) is 0. The number of hydrogen-bond acceptors (Lipinski definition) is 1. The SMILES string of the molecule is Cc1cc2oc3c(-c4ccccc4)cccc3c2cc1C. The van der Waals surface area contributed by atoms with Gasteiger partial charge in [-0.25, -0.2) is 0 Å². The van der Waals surface area contributed by atoms with Crippen LogP contribution in [0.3, 0.4) is 0 Å². The molecule has 0 saturated heterocycles. The molecule has 0 aliphatic rings. The Morgan fingerprint density at radius 1 is 0.714 bits per heavy atom. The van der Waals surface area contributed by atoms with Gasteiger partial charge in [0.1, 0.15) is 11.2 Å². The molecule has 0 saturated carbocycles. The molecule has 1 heteroatoms. The minimum atomic E-state index is 0.969. The van der Waals surface area contributed by atoms with Crippen molar-refractivity contribution in [2.24, 2.45) is 0 Å². The Labute approximate surface area is 123 Å². The van der Waals surface area contributed by atoms with E-state index in [4.69, 9.17) is 4.42 Å². The highest BCUT2D eigenvalue weighted by molar-refractivity contribution is 6.09.